The molecular formula is C14H23F2IN4O3S. The molecule has 0 spiro atoms. The van der Waals surface area contributed by atoms with E-state index in [-0.39, 0.29) is 49.4 Å². The van der Waals surface area contributed by atoms with Crippen LogP contribution in [0.5, 0.6) is 5.75 Å². The fourth-order valence-electron chi connectivity index (χ4n) is 1.66. The molecule has 0 aliphatic carbocycles. The largest absolute Gasteiger partial charge is 0.489 e. The number of nitrogens with zero attached hydrogens (tertiary/aromatic N) is 1. The molecule has 0 unspecified atom stereocenters. The van der Waals surface area contributed by atoms with Crippen molar-refractivity contribution in [3.05, 3.63) is 29.8 Å². The highest BCUT2D eigenvalue weighted by atomic mass is 127. The van der Waals surface area contributed by atoms with Crippen molar-refractivity contribution in [3.63, 3.8) is 0 Å². The first kappa shape index (κ1) is 23.8. The Bertz CT molecular complexity index is 659. The Morgan fingerprint density at radius 2 is 1.96 bits per heavy atom. The summed E-state index contributed by atoms with van der Waals surface area (Å²) in [4.78, 5) is 4.18. The van der Waals surface area contributed by atoms with Gasteiger partial charge in [-0.15, -0.1) is 24.0 Å². The van der Waals surface area contributed by atoms with Crippen LogP contribution in [0.2, 0.25) is 0 Å². The molecule has 0 saturated heterocycles. The average Bonchev–Trinajstić information content (AvgIpc) is 2.48. The van der Waals surface area contributed by atoms with Gasteiger partial charge in [-0.1, -0.05) is 0 Å². The highest BCUT2D eigenvalue weighted by Crippen LogP contribution is 2.17. The van der Waals surface area contributed by atoms with Crippen molar-refractivity contribution in [1.29, 1.82) is 0 Å². The Labute approximate surface area is 163 Å². The van der Waals surface area contributed by atoms with Crippen LogP contribution in [-0.2, 0) is 10.0 Å². The number of ether oxygens (including phenoxy) is 1. The summed E-state index contributed by atoms with van der Waals surface area (Å²) in [7, 11) is -3.24. The first-order chi connectivity index (χ1) is 11.3. The minimum atomic E-state index is -3.24. The predicted octanol–water partition coefficient (Wildman–Crippen LogP) is 1.07. The molecule has 0 aliphatic rings. The van der Waals surface area contributed by atoms with Gasteiger partial charge in [0.2, 0.25) is 10.0 Å². The molecule has 0 aliphatic heterocycles. The lowest BCUT2D eigenvalue weighted by Crippen LogP contribution is -2.40. The third kappa shape index (κ3) is 11.1. The molecule has 0 bridgehead atoms. The minimum absolute atomic E-state index is 0. The predicted molar refractivity (Wildman–Crippen MR) is 104 cm³/mol. The SMILES string of the molecule is CCNC(=NCCNS(C)(=O)=O)NCCOc1ccc(F)cc1F.I. The third-order valence-corrected chi connectivity index (χ3v) is 3.36. The molecule has 3 N–H and O–H groups in total. The Morgan fingerprint density at radius 3 is 2.56 bits per heavy atom. The van der Waals surface area contributed by atoms with Gasteiger partial charge >= 0.3 is 0 Å². The maximum atomic E-state index is 13.4. The second kappa shape index (κ2) is 12.2. The fraction of sp³-hybridized carbons (Fsp3) is 0.500. The number of halogens is 3. The van der Waals surface area contributed by atoms with Crippen molar-refractivity contribution in [2.75, 3.05) is 39.0 Å². The highest BCUT2D eigenvalue weighted by molar-refractivity contribution is 14.0. The summed E-state index contributed by atoms with van der Waals surface area (Å²) in [6, 6.07) is 3.09. The molecule has 0 radical (unpaired) electrons. The summed E-state index contributed by atoms with van der Waals surface area (Å²) in [6.45, 7) is 3.44. The summed E-state index contributed by atoms with van der Waals surface area (Å²) in [5, 5.41) is 5.94. The van der Waals surface area contributed by atoms with E-state index >= 15 is 0 Å². The van der Waals surface area contributed by atoms with Gasteiger partial charge in [-0.05, 0) is 19.1 Å². The molecule has 25 heavy (non-hydrogen) atoms. The molecule has 11 heteroatoms. The lowest BCUT2D eigenvalue weighted by molar-refractivity contribution is 0.304. The molecule has 0 amide bonds. The Kier molecular flexibility index (Phi) is 11.6. The van der Waals surface area contributed by atoms with Gasteiger partial charge in [0.15, 0.2) is 17.5 Å². The summed E-state index contributed by atoms with van der Waals surface area (Å²) < 4.78 is 55.6. The first-order valence-electron chi connectivity index (χ1n) is 7.36. The minimum Gasteiger partial charge on any atom is -0.489 e. The van der Waals surface area contributed by atoms with Crippen molar-refractivity contribution in [2.24, 2.45) is 4.99 Å². The fourth-order valence-corrected chi connectivity index (χ4v) is 2.13. The summed E-state index contributed by atoms with van der Waals surface area (Å²) in [6.07, 6.45) is 1.08. The number of hydrogen-bond donors (Lipinski definition) is 3. The van der Waals surface area contributed by atoms with E-state index in [4.69, 9.17) is 4.74 Å². The highest BCUT2D eigenvalue weighted by Gasteiger charge is 2.05. The lowest BCUT2D eigenvalue weighted by Gasteiger charge is -2.12. The zero-order valence-corrected chi connectivity index (χ0v) is 17.2. The van der Waals surface area contributed by atoms with E-state index in [0.29, 0.717) is 19.0 Å². The zero-order chi connectivity index (χ0) is 18.0. The van der Waals surface area contributed by atoms with Crippen molar-refractivity contribution >= 4 is 40.0 Å². The van der Waals surface area contributed by atoms with Crippen molar-refractivity contribution in [1.82, 2.24) is 15.4 Å². The summed E-state index contributed by atoms with van der Waals surface area (Å²) in [5.74, 6) is -0.974. The van der Waals surface area contributed by atoms with Crippen LogP contribution in [0.4, 0.5) is 8.78 Å². The average molecular weight is 492 g/mol. The molecule has 1 aromatic rings. The standard InChI is InChI=1S/C14H22F2N4O3S.HI/c1-3-17-14(18-6-7-20-24(2,21)22)19-8-9-23-13-5-4-11(15)10-12(13)16;/h4-5,10,20H,3,6-9H2,1-2H3,(H2,17,18,19);1H. The number of hydrogen-bond acceptors (Lipinski definition) is 4. The summed E-state index contributed by atoms with van der Waals surface area (Å²) in [5.41, 5.74) is 0. The maximum absolute atomic E-state index is 13.4. The van der Waals surface area contributed by atoms with Crippen molar-refractivity contribution in [2.45, 2.75) is 6.92 Å². The van der Waals surface area contributed by atoms with Crippen LogP contribution in [0, 0.1) is 11.6 Å². The van der Waals surface area contributed by atoms with Gasteiger partial charge in [0.05, 0.1) is 19.3 Å². The molecular weight excluding hydrogens is 469 g/mol. The van der Waals surface area contributed by atoms with Gasteiger partial charge in [-0.3, -0.25) is 4.99 Å². The van der Waals surface area contributed by atoms with E-state index in [1.165, 1.54) is 6.07 Å². The number of aliphatic imine (C=N–C) groups is 1. The molecule has 0 fully saturated rings. The number of benzene rings is 1. The van der Waals surface area contributed by atoms with Crippen molar-refractivity contribution < 1.29 is 21.9 Å². The molecule has 0 atom stereocenters. The Morgan fingerprint density at radius 1 is 1.24 bits per heavy atom. The van der Waals surface area contributed by atoms with Crippen LogP contribution in [0.3, 0.4) is 0 Å². The van der Waals surface area contributed by atoms with Crippen LogP contribution in [0.15, 0.2) is 23.2 Å². The zero-order valence-electron chi connectivity index (χ0n) is 14.0. The summed E-state index contributed by atoms with van der Waals surface area (Å²) >= 11 is 0. The van der Waals surface area contributed by atoms with Gasteiger partial charge in [-0.2, -0.15) is 0 Å². The van der Waals surface area contributed by atoms with Crippen LogP contribution >= 0.6 is 24.0 Å². The molecule has 144 valence electrons. The van der Waals surface area contributed by atoms with Gasteiger partial charge in [0.1, 0.15) is 12.4 Å². The van der Waals surface area contributed by atoms with Gasteiger partial charge in [-0.25, -0.2) is 21.9 Å². The smallest absolute Gasteiger partial charge is 0.208 e. The van der Waals surface area contributed by atoms with Gasteiger partial charge in [0, 0.05) is 19.2 Å². The molecule has 0 heterocycles. The van der Waals surface area contributed by atoms with Gasteiger partial charge < -0.3 is 15.4 Å². The molecule has 1 aromatic carbocycles. The second-order valence-electron chi connectivity index (χ2n) is 4.78. The lowest BCUT2D eigenvalue weighted by atomic mass is 10.3. The van der Waals surface area contributed by atoms with Crippen LogP contribution in [0.1, 0.15) is 6.92 Å². The monoisotopic (exact) mass is 492 g/mol. The Hall–Kier alpha value is -1.21. The third-order valence-electron chi connectivity index (χ3n) is 2.64. The topological polar surface area (TPSA) is 91.8 Å². The molecule has 1 rings (SSSR count). The van der Waals surface area contributed by atoms with Crippen LogP contribution in [0.25, 0.3) is 0 Å². The number of rotatable bonds is 9. The van der Waals surface area contributed by atoms with Crippen molar-refractivity contribution in [3.8, 4) is 5.75 Å². The second-order valence-corrected chi connectivity index (χ2v) is 6.61. The van der Waals surface area contributed by atoms with E-state index in [2.05, 4.69) is 20.3 Å². The molecule has 7 nitrogen and oxygen atoms in total. The van der Waals surface area contributed by atoms with E-state index in [9.17, 15) is 17.2 Å². The maximum Gasteiger partial charge on any atom is 0.208 e. The van der Waals surface area contributed by atoms with Crippen LogP contribution < -0.4 is 20.1 Å². The quantitative estimate of drug-likeness (QED) is 0.208. The Balaban J connectivity index is 0.00000576. The molecule has 0 saturated carbocycles. The first-order valence-corrected chi connectivity index (χ1v) is 9.25. The van der Waals surface area contributed by atoms with Gasteiger partial charge in [0.25, 0.3) is 0 Å². The van der Waals surface area contributed by atoms with E-state index < -0.39 is 21.7 Å². The van der Waals surface area contributed by atoms with Crippen LogP contribution in [-0.4, -0.2) is 53.4 Å². The van der Waals surface area contributed by atoms with E-state index in [0.717, 1.165) is 18.4 Å². The molecule has 0 aromatic heterocycles. The van der Waals surface area contributed by atoms with E-state index in [1.54, 1.807) is 0 Å². The number of guanidine groups is 1. The number of sulfonamides is 1. The number of nitrogens with one attached hydrogen (secondary N) is 3. The van der Waals surface area contributed by atoms with E-state index in [1.807, 2.05) is 6.92 Å². The normalized spacial score (nSPS) is 11.6.